The minimum absolute atomic E-state index is 0.123. The first-order valence-electron chi connectivity index (χ1n) is 6.15. The largest absolute Gasteiger partial charge is 0.393 e. The fraction of sp³-hybridized carbons (Fsp3) is 0.583. The summed E-state index contributed by atoms with van der Waals surface area (Å²) in [7, 11) is 0. The molecule has 1 amide bonds. The average molecular weight is 286 g/mol. The van der Waals surface area contributed by atoms with Crippen molar-refractivity contribution < 1.29 is 30.0 Å². The molecule has 2 rings (SSSR count). The summed E-state index contributed by atoms with van der Waals surface area (Å²) in [5.41, 5.74) is -1.39. The molecule has 8 heteroatoms. The lowest BCUT2D eigenvalue weighted by atomic mass is 9.92. The standard InChI is InChI=1S/C12H18N2O6/c1-2-4-12(6-15)9(18)8(17)10(20-12)14-5-3-7(16)13-11(14)19/h2-3,5,8-11,15,17-19H,1,4,6H2,(H,13,16)/t8-,9+,10-,11?,12-/m1/s1. The second kappa shape index (κ2) is 5.51. The number of ether oxygens (including phenoxy) is 1. The van der Waals surface area contributed by atoms with Gasteiger partial charge in [-0.1, -0.05) is 6.08 Å². The zero-order valence-corrected chi connectivity index (χ0v) is 10.7. The predicted octanol–water partition coefficient (Wildman–Crippen LogP) is -2.41. The van der Waals surface area contributed by atoms with Gasteiger partial charge in [0.15, 0.2) is 6.23 Å². The minimum atomic E-state index is -1.39. The summed E-state index contributed by atoms with van der Waals surface area (Å²) < 4.78 is 5.55. The summed E-state index contributed by atoms with van der Waals surface area (Å²) in [5.74, 6) is -0.485. The summed E-state index contributed by atoms with van der Waals surface area (Å²) in [6.45, 7) is 3.00. The number of hydrogen-bond donors (Lipinski definition) is 5. The first-order chi connectivity index (χ1) is 9.45. The van der Waals surface area contributed by atoms with E-state index in [0.717, 1.165) is 11.0 Å². The van der Waals surface area contributed by atoms with Crippen LogP contribution in [0.2, 0.25) is 0 Å². The molecule has 0 aliphatic carbocycles. The Morgan fingerprint density at radius 1 is 1.50 bits per heavy atom. The maximum absolute atomic E-state index is 11.1. The topological polar surface area (TPSA) is 122 Å². The number of carbonyl (C=O) groups is 1. The van der Waals surface area contributed by atoms with Gasteiger partial charge in [-0.2, -0.15) is 0 Å². The van der Waals surface area contributed by atoms with Gasteiger partial charge in [0.1, 0.15) is 17.8 Å². The lowest BCUT2D eigenvalue weighted by molar-refractivity contribution is -0.175. The molecule has 0 aromatic carbocycles. The van der Waals surface area contributed by atoms with Crippen molar-refractivity contribution in [3.8, 4) is 0 Å². The summed E-state index contributed by atoms with van der Waals surface area (Å²) in [6, 6.07) is 0. The van der Waals surface area contributed by atoms with Gasteiger partial charge >= 0.3 is 0 Å². The molecule has 5 N–H and O–H groups in total. The Morgan fingerprint density at radius 2 is 2.20 bits per heavy atom. The van der Waals surface area contributed by atoms with Gasteiger partial charge in [-0.25, -0.2) is 0 Å². The lowest BCUT2D eigenvalue weighted by Crippen LogP contribution is -2.55. The third-order valence-electron chi connectivity index (χ3n) is 3.51. The molecule has 1 unspecified atom stereocenters. The molecule has 1 saturated heterocycles. The highest BCUT2D eigenvalue weighted by atomic mass is 16.6. The zero-order chi connectivity index (χ0) is 14.9. The van der Waals surface area contributed by atoms with Crippen LogP contribution in [-0.4, -0.2) is 68.2 Å². The van der Waals surface area contributed by atoms with Crippen LogP contribution in [0.5, 0.6) is 0 Å². The molecule has 0 saturated carbocycles. The molecular weight excluding hydrogens is 268 g/mol. The van der Waals surface area contributed by atoms with Crippen LogP contribution in [0.25, 0.3) is 0 Å². The van der Waals surface area contributed by atoms with Gasteiger partial charge in [0.05, 0.1) is 6.61 Å². The van der Waals surface area contributed by atoms with Gasteiger partial charge in [-0.05, 0) is 6.42 Å². The maximum Gasteiger partial charge on any atom is 0.248 e. The third-order valence-corrected chi connectivity index (χ3v) is 3.51. The SMILES string of the molecule is C=CC[C@]1(CO)O[C@@H](N2C=CC(=O)NC2O)[C@H](O)[C@@H]1O. The molecule has 8 nitrogen and oxygen atoms in total. The van der Waals surface area contributed by atoms with Crippen LogP contribution in [-0.2, 0) is 9.53 Å². The van der Waals surface area contributed by atoms with Crippen LogP contribution in [0.3, 0.4) is 0 Å². The molecular formula is C12H18N2O6. The Kier molecular flexibility index (Phi) is 4.11. The molecule has 1 fully saturated rings. The van der Waals surface area contributed by atoms with Crippen LogP contribution in [0.1, 0.15) is 6.42 Å². The van der Waals surface area contributed by atoms with Crippen LogP contribution < -0.4 is 5.32 Å². The number of aliphatic hydroxyl groups excluding tert-OH is 4. The Bertz CT molecular complexity index is 428. The molecule has 2 heterocycles. The molecule has 2 aliphatic heterocycles. The fourth-order valence-electron chi connectivity index (χ4n) is 2.40. The second-order valence-corrected chi connectivity index (χ2v) is 4.80. The molecule has 0 spiro atoms. The maximum atomic E-state index is 11.1. The van der Waals surface area contributed by atoms with E-state index in [1.165, 1.54) is 12.3 Å². The second-order valence-electron chi connectivity index (χ2n) is 4.80. The predicted molar refractivity (Wildman–Crippen MR) is 66.6 cm³/mol. The van der Waals surface area contributed by atoms with E-state index in [9.17, 15) is 25.2 Å². The Labute approximate surface area is 115 Å². The monoisotopic (exact) mass is 286 g/mol. The lowest BCUT2D eigenvalue weighted by Gasteiger charge is -2.36. The van der Waals surface area contributed by atoms with E-state index < -0.39 is 42.9 Å². The van der Waals surface area contributed by atoms with Gasteiger partial charge in [-0.3, -0.25) is 4.79 Å². The molecule has 0 aromatic rings. The average Bonchev–Trinajstić information content (AvgIpc) is 2.65. The molecule has 2 aliphatic rings. The Morgan fingerprint density at radius 3 is 2.75 bits per heavy atom. The van der Waals surface area contributed by atoms with Crippen molar-refractivity contribution in [1.29, 1.82) is 0 Å². The first-order valence-corrected chi connectivity index (χ1v) is 6.15. The highest BCUT2D eigenvalue weighted by molar-refractivity contribution is 5.88. The minimum Gasteiger partial charge on any atom is -0.393 e. The van der Waals surface area contributed by atoms with Crippen molar-refractivity contribution in [2.75, 3.05) is 6.61 Å². The van der Waals surface area contributed by atoms with Gasteiger partial charge in [0.25, 0.3) is 0 Å². The van der Waals surface area contributed by atoms with Gasteiger partial charge in [0.2, 0.25) is 12.3 Å². The van der Waals surface area contributed by atoms with Crippen molar-refractivity contribution in [1.82, 2.24) is 10.2 Å². The van der Waals surface area contributed by atoms with E-state index in [4.69, 9.17) is 4.74 Å². The number of nitrogens with zero attached hydrogens (tertiary/aromatic N) is 1. The number of aliphatic hydroxyl groups is 4. The number of amides is 1. The summed E-state index contributed by atoms with van der Waals surface area (Å²) in [4.78, 5) is 12.2. The molecule has 0 aromatic heterocycles. The van der Waals surface area contributed by atoms with Gasteiger partial charge in [0, 0.05) is 12.3 Å². The quantitative estimate of drug-likeness (QED) is 0.365. The molecule has 20 heavy (non-hydrogen) atoms. The van der Waals surface area contributed by atoms with Crippen molar-refractivity contribution >= 4 is 5.91 Å². The van der Waals surface area contributed by atoms with Gasteiger partial charge < -0.3 is 35.4 Å². The van der Waals surface area contributed by atoms with Crippen LogP contribution in [0, 0.1) is 0 Å². The van der Waals surface area contributed by atoms with Crippen LogP contribution in [0.15, 0.2) is 24.9 Å². The molecule has 112 valence electrons. The van der Waals surface area contributed by atoms with Crippen molar-refractivity contribution in [2.24, 2.45) is 0 Å². The van der Waals surface area contributed by atoms with Crippen LogP contribution >= 0.6 is 0 Å². The molecule has 0 bridgehead atoms. The summed E-state index contributed by atoms with van der Waals surface area (Å²) in [6.07, 6.45) is -1.23. The van der Waals surface area contributed by atoms with E-state index in [2.05, 4.69) is 11.9 Å². The zero-order valence-electron chi connectivity index (χ0n) is 10.7. The number of nitrogens with one attached hydrogen (secondary N) is 1. The summed E-state index contributed by atoms with van der Waals surface area (Å²) in [5, 5.41) is 41.6. The Balaban J connectivity index is 2.24. The van der Waals surface area contributed by atoms with Crippen molar-refractivity contribution in [2.45, 2.75) is 36.8 Å². The van der Waals surface area contributed by atoms with E-state index >= 15 is 0 Å². The smallest absolute Gasteiger partial charge is 0.248 e. The van der Waals surface area contributed by atoms with Crippen molar-refractivity contribution in [3.63, 3.8) is 0 Å². The third kappa shape index (κ3) is 2.32. The Hall–Kier alpha value is -1.45. The van der Waals surface area contributed by atoms with E-state index in [-0.39, 0.29) is 6.42 Å². The fourth-order valence-corrected chi connectivity index (χ4v) is 2.40. The van der Waals surface area contributed by atoms with Crippen LogP contribution in [0.4, 0.5) is 0 Å². The number of hydrogen-bond acceptors (Lipinski definition) is 7. The van der Waals surface area contributed by atoms with Gasteiger partial charge in [-0.15, -0.1) is 6.58 Å². The molecule has 5 atom stereocenters. The van der Waals surface area contributed by atoms with E-state index in [0.29, 0.717) is 0 Å². The number of rotatable bonds is 4. The van der Waals surface area contributed by atoms with Crippen molar-refractivity contribution in [3.05, 3.63) is 24.9 Å². The highest BCUT2D eigenvalue weighted by Crippen LogP contribution is 2.36. The first kappa shape index (κ1) is 14.9. The van der Waals surface area contributed by atoms with E-state index in [1.807, 2.05) is 0 Å². The normalized spacial score (nSPS) is 40.8. The summed E-state index contributed by atoms with van der Waals surface area (Å²) >= 11 is 0. The van der Waals surface area contributed by atoms with E-state index in [1.54, 1.807) is 0 Å². The number of carbonyl (C=O) groups excluding carboxylic acids is 1. The highest BCUT2D eigenvalue weighted by Gasteiger charge is 2.55. The molecule has 0 radical (unpaired) electrons.